The van der Waals surface area contributed by atoms with Gasteiger partial charge in [0.05, 0.1) is 13.1 Å². The van der Waals surface area contributed by atoms with Crippen LogP contribution in [-0.4, -0.2) is 54.0 Å². The number of carbonyl (C=O) groups is 1. The van der Waals surface area contributed by atoms with Gasteiger partial charge in [0, 0.05) is 13.2 Å². The summed E-state index contributed by atoms with van der Waals surface area (Å²) in [5.74, 6) is -0.704. The molecule has 0 rings (SSSR count). The van der Waals surface area contributed by atoms with Crippen molar-refractivity contribution in [3.05, 3.63) is 0 Å². The molecule has 0 aliphatic carbocycles. The third kappa shape index (κ3) is 10.3. The van der Waals surface area contributed by atoms with Crippen molar-refractivity contribution >= 4 is 5.97 Å². The highest BCUT2D eigenvalue weighted by Crippen LogP contribution is 2.17. The number of aliphatic hydroxyl groups is 1. The van der Waals surface area contributed by atoms with Gasteiger partial charge in [0.15, 0.2) is 0 Å². The summed E-state index contributed by atoms with van der Waals surface area (Å²) in [4.78, 5) is 12.3. The maximum atomic E-state index is 12.3. The van der Waals surface area contributed by atoms with E-state index in [1.54, 1.807) is 20.8 Å². The standard InChI is InChI=1S/C11H20F3NO3/c1-10(2,3)18-9(17)7-15(5-4-6-16)8-11(12,13)14/h16H,4-8H2,1-3H3. The second kappa shape index (κ2) is 6.94. The van der Waals surface area contributed by atoms with Crippen molar-refractivity contribution in [3.8, 4) is 0 Å². The van der Waals surface area contributed by atoms with Gasteiger partial charge in [-0.2, -0.15) is 13.2 Å². The zero-order valence-electron chi connectivity index (χ0n) is 10.9. The van der Waals surface area contributed by atoms with E-state index in [-0.39, 0.29) is 19.6 Å². The minimum absolute atomic E-state index is 0.00471. The first-order valence-electron chi connectivity index (χ1n) is 5.65. The third-order valence-corrected chi connectivity index (χ3v) is 1.81. The fourth-order valence-electron chi connectivity index (χ4n) is 1.32. The van der Waals surface area contributed by atoms with Crippen LogP contribution < -0.4 is 0 Å². The van der Waals surface area contributed by atoms with Crippen LogP contribution in [0.3, 0.4) is 0 Å². The molecule has 0 aromatic rings. The third-order valence-electron chi connectivity index (χ3n) is 1.81. The molecule has 0 aromatic heterocycles. The fourth-order valence-corrected chi connectivity index (χ4v) is 1.32. The monoisotopic (exact) mass is 271 g/mol. The van der Waals surface area contributed by atoms with Crippen molar-refractivity contribution < 1.29 is 27.8 Å². The maximum absolute atomic E-state index is 12.3. The van der Waals surface area contributed by atoms with Gasteiger partial charge in [0.2, 0.25) is 0 Å². The van der Waals surface area contributed by atoms with Gasteiger partial charge in [0.1, 0.15) is 5.60 Å². The summed E-state index contributed by atoms with van der Waals surface area (Å²) in [6.45, 7) is 3.09. The Morgan fingerprint density at radius 3 is 2.22 bits per heavy atom. The predicted molar refractivity (Wildman–Crippen MR) is 60.0 cm³/mol. The topological polar surface area (TPSA) is 49.8 Å². The van der Waals surface area contributed by atoms with Crippen LogP contribution in [0.1, 0.15) is 27.2 Å². The van der Waals surface area contributed by atoms with Gasteiger partial charge in [-0.05, 0) is 27.2 Å². The molecular formula is C11H20F3NO3. The molecule has 0 aromatic carbocycles. The Balaban J connectivity index is 4.35. The molecule has 0 amide bonds. The summed E-state index contributed by atoms with van der Waals surface area (Å²) in [6.07, 6.45) is -4.20. The minimum Gasteiger partial charge on any atom is -0.459 e. The molecular weight excluding hydrogens is 251 g/mol. The number of nitrogens with zero attached hydrogens (tertiary/aromatic N) is 1. The zero-order chi connectivity index (χ0) is 14.4. The lowest BCUT2D eigenvalue weighted by molar-refractivity contribution is -0.164. The van der Waals surface area contributed by atoms with E-state index in [2.05, 4.69) is 0 Å². The highest BCUT2D eigenvalue weighted by Gasteiger charge is 2.32. The van der Waals surface area contributed by atoms with E-state index in [4.69, 9.17) is 9.84 Å². The van der Waals surface area contributed by atoms with Crippen LogP contribution in [0.2, 0.25) is 0 Å². The Labute approximate surface area is 105 Å². The molecule has 0 bridgehead atoms. The number of esters is 1. The van der Waals surface area contributed by atoms with Crippen LogP contribution >= 0.6 is 0 Å². The van der Waals surface area contributed by atoms with Gasteiger partial charge < -0.3 is 9.84 Å². The number of aliphatic hydroxyl groups excluding tert-OH is 1. The quantitative estimate of drug-likeness (QED) is 0.745. The summed E-state index contributed by atoms with van der Waals surface area (Å²) in [5, 5.41) is 8.61. The smallest absolute Gasteiger partial charge is 0.401 e. The van der Waals surface area contributed by atoms with Crippen molar-refractivity contribution in [2.75, 3.05) is 26.2 Å². The summed E-state index contributed by atoms with van der Waals surface area (Å²) in [7, 11) is 0. The summed E-state index contributed by atoms with van der Waals surface area (Å²) in [5.41, 5.74) is -0.724. The molecule has 7 heteroatoms. The van der Waals surface area contributed by atoms with Gasteiger partial charge in [-0.15, -0.1) is 0 Å². The molecule has 0 saturated heterocycles. The van der Waals surface area contributed by atoms with Crippen molar-refractivity contribution in [2.24, 2.45) is 0 Å². The lowest BCUT2D eigenvalue weighted by Gasteiger charge is -2.25. The number of rotatable bonds is 6. The highest BCUT2D eigenvalue weighted by atomic mass is 19.4. The van der Waals surface area contributed by atoms with Crippen LogP contribution in [0.5, 0.6) is 0 Å². The van der Waals surface area contributed by atoms with Crippen LogP contribution in [0.4, 0.5) is 13.2 Å². The Bertz CT molecular complexity index is 261. The molecule has 0 radical (unpaired) electrons. The van der Waals surface area contributed by atoms with Crippen molar-refractivity contribution in [2.45, 2.75) is 39.0 Å². The van der Waals surface area contributed by atoms with Crippen molar-refractivity contribution in [3.63, 3.8) is 0 Å². The lowest BCUT2D eigenvalue weighted by Crippen LogP contribution is -2.40. The second-order valence-electron chi connectivity index (χ2n) is 4.99. The highest BCUT2D eigenvalue weighted by molar-refractivity contribution is 5.72. The van der Waals surface area contributed by atoms with Gasteiger partial charge in [-0.25, -0.2) is 0 Å². The second-order valence-corrected chi connectivity index (χ2v) is 4.99. The largest absolute Gasteiger partial charge is 0.459 e. The predicted octanol–water partition coefficient (Wildman–Crippen LogP) is 1.57. The van der Waals surface area contributed by atoms with Gasteiger partial charge >= 0.3 is 12.1 Å². The first kappa shape index (κ1) is 17.2. The minimum atomic E-state index is -4.38. The van der Waals surface area contributed by atoms with E-state index in [1.807, 2.05) is 0 Å². The summed E-state index contributed by atoms with van der Waals surface area (Å²) >= 11 is 0. The molecule has 108 valence electrons. The number of hydrogen-bond donors (Lipinski definition) is 1. The number of hydrogen-bond acceptors (Lipinski definition) is 4. The van der Waals surface area contributed by atoms with E-state index in [0.717, 1.165) is 4.90 Å². The van der Waals surface area contributed by atoms with Gasteiger partial charge in [-0.1, -0.05) is 0 Å². The van der Waals surface area contributed by atoms with E-state index < -0.39 is 30.8 Å². The Morgan fingerprint density at radius 2 is 1.83 bits per heavy atom. The number of alkyl halides is 3. The van der Waals surface area contributed by atoms with E-state index in [9.17, 15) is 18.0 Å². The average Bonchev–Trinajstić information content (AvgIpc) is 2.08. The first-order valence-corrected chi connectivity index (χ1v) is 5.65. The first-order chi connectivity index (χ1) is 8.03. The molecule has 4 nitrogen and oxygen atoms in total. The molecule has 0 aliphatic heterocycles. The molecule has 0 aliphatic rings. The molecule has 18 heavy (non-hydrogen) atoms. The SMILES string of the molecule is CC(C)(C)OC(=O)CN(CCCO)CC(F)(F)F. The van der Waals surface area contributed by atoms with Crippen molar-refractivity contribution in [1.82, 2.24) is 4.90 Å². The Hall–Kier alpha value is -0.820. The molecule has 0 spiro atoms. The van der Waals surface area contributed by atoms with Gasteiger partial charge in [-0.3, -0.25) is 9.69 Å². The maximum Gasteiger partial charge on any atom is 0.401 e. The number of carbonyl (C=O) groups excluding carboxylic acids is 1. The lowest BCUT2D eigenvalue weighted by atomic mass is 10.2. The molecule has 0 atom stereocenters. The Kier molecular flexibility index (Phi) is 6.62. The molecule has 0 heterocycles. The zero-order valence-corrected chi connectivity index (χ0v) is 10.9. The van der Waals surface area contributed by atoms with Crippen LogP contribution in [0.15, 0.2) is 0 Å². The van der Waals surface area contributed by atoms with E-state index in [0.29, 0.717) is 0 Å². The number of ether oxygens (including phenoxy) is 1. The summed E-state index contributed by atoms with van der Waals surface area (Å²) < 4.78 is 41.7. The van der Waals surface area contributed by atoms with Crippen LogP contribution in [0, 0.1) is 0 Å². The van der Waals surface area contributed by atoms with Gasteiger partial charge in [0.25, 0.3) is 0 Å². The van der Waals surface area contributed by atoms with Crippen molar-refractivity contribution in [1.29, 1.82) is 0 Å². The normalized spacial score (nSPS) is 12.9. The molecule has 0 unspecified atom stereocenters. The molecule has 1 N–H and O–H groups in total. The van der Waals surface area contributed by atoms with Crippen LogP contribution in [0.25, 0.3) is 0 Å². The number of halogens is 3. The van der Waals surface area contributed by atoms with Crippen LogP contribution in [-0.2, 0) is 9.53 Å². The molecule has 0 fully saturated rings. The summed E-state index contributed by atoms with van der Waals surface area (Å²) in [6, 6.07) is 0. The Morgan fingerprint density at radius 1 is 1.28 bits per heavy atom. The van der Waals surface area contributed by atoms with E-state index in [1.165, 1.54) is 0 Å². The average molecular weight is 271 g/mol. The molecule has 0 saturated carbocycles. The fraction of sp³-hybridized carbons (Fsp3) is 0.909. The van der Waals surface area contributed by atoms with E-state index >= 15 is 0 Å².